The van der Waals surface area contributed by atoms with Crippen molar-refractivity contribution < 1.29 is 4.79 Å². The molecule has 0 aliphatic heterocycles. The van der Waals surface area contributed by atoms with Crippen molar-refractivity contribution in [2.24, 2.45) is 0 Å². The van der Waals surface area contributed by atoms with E-state index in [1.165, 1.54) is 0 Å². The van der Waals surface area contributed by atoms with Crippen LogP contribution in [-0.2, 0) is 6.42 Å². The predicted octanol–water partition coefficient (Wildman–Crippen LogP) is 3.20. The number of hydrogen-bond acceptors (Lipinski definition) is 1. The lowest BCUT2D eigenvalue weighted by Gasteiger charge is -1.91. The van der Waals surface area contributed by atoms with Gasteiger partial charge in [-0.05, 0) is 12.5 Å². The molecule has 0 amide bonds. The van der Waals surface area contributed by atoms with Crippen LogP contribution < -0.4 is 0 Å². The van der Waals surface area contributed by atoms with Crippen LogP contribution in [0, 0.1) is 0 Å². The first-order chi connectivity index (χ1) is 6.77. The highest BCUT2D eigenvalue weighted by molar-refractivity contribution is 6.35. The molecule has 0 bridgehead atoms. The van der Waals surface area contributed by atoms with Crippen molar-refractivity contribution in [3.63, 3.8) is 0 Å². The number of para-hydroxylation sites is 1. The lowest BCUT2D eigenvalue weighted by atomic mass is 10.1. The maximum Gasteiger partial charge on any atom is 0.152 e. The third-order valence-electron chi connectivity index (χ3n) is 2.38. The molecule has 0 aliphatic rings. The fourth-order valence-corrected chi connectivity index (χ4v) is 1.89. The third-order valence-corrected chi connectivity index (χ3v) is 2.69. The predicted molar refractivity (Wildman–Crippen MR) is 58.1 cm³/mol. The molecule has 0 aliphatic carbocycles. The molecular weight excluding hydrogens is 198 g/mol. The number of hydrogen-bond donors (Lipinski definition) is 1. The monoisotopic (exact) mass is 207 g/mol. The third kappa shape index (κ3) is 1.23. The van der Waals surface area contributed by atoms with E-state index in [1.807, 2.05) is 25.1 Å². The number of aromatic amines is 1. The molecule has 1 heterocycles. The summed E-state index contributed by atoms with van der Waals surface area (Å²) in [6.07, 6.45) is 1.69. The number of aldehydes is 1. The molecule has 0 unspecified atom stereocenters. The molecule has 1 N–H and O–H groups in total. The van der Waals surface area contributed by atoms with E-state index < -0.39 is 0 Å². The number of H-pyrrole nitrogens is 1. The van der Waals surface area contributed by atoms with Gasteiger partial charge in [-0.2, -0.15) is 0 Å². The van der Waals surface area contributed by atoms with Crippen molar-refractivity contribution in [1.29, 1.82) is 0 Å². The first-order valence-electron chi connectivity index (χ1n) is 4.52. The van der Waals surface area contributed by atoms with Gasteiger partial charge in [0.2, 0.25) is 0 Å². The number of aromatic nitrogens is 1. The Balaban J connectivity index is 2.86. The molecule has 14 heavy (non-hydrogen) atoms. The van der Waals surface area contributed by atoms with Crippen molar-refractivity contribution >= 4 is 28.8 Å². The van der Waals surface area contributed by atoms with E-state index in [9.17, 15) is 4.79 Å². The van der Waals surface area contributed by atoms with E-state index in [0.717, 1.165) is 34.9 Å². The maximum atomic E-state index is 10.9. The van der Waals surface area contributed by atoms with E-state index in [-0.39, 0.29) is 0 Å². The minimum atomic E-state index is 0.658. The molecule has 72 valence electrons. The second kappa shape index (κ2) is 3.46. The highest BCUT2D eigenvalue weighted by Crippen LogP contribution is 2.27. The second-order valence-corrected chi connectivity index (χ2v) is 3.56. The minimum Gasteiger partial charge on any atom is -0.357 e. The second-order valence-electron chi connectivity index (χ2n) is 3.15. The zero-order valence-corrected chi connectivity index (χ0v) is 8.56. The molecule has 0 atom stereocenters. The molecule has 2 rings (SSSR count). The Morgan fingerprint density at radius 2 is 2.29 bits per heavy atom. The number of fused-ring (bicyclic) bond motifs is 1. The highest BCUT2D eigenvalue weighted by atomic mass is 35.5. The molecule has 0 saturated carbocycles. The van der Waals surface area contributed by atoms with Gasteiger partial charge >= 0.3 is 0 Å². The molecular formula is C11H10ClNO. The van der Waals surface area contributed by atoms with Crippen LogP contribution in [0.5, 0.6) is 0 Å². The van der Waals surface area contributed by atoms with E-state index in [0.29, 0.717) is 5.02 Å². The molecule has 2 nitrogen and oxygen atoms in total. The van der Waals surface area contributed by atoms with Gasteiger partial charge in [-0.1, -0.05) is 30.7 Å². The molecule has 0 fully saturated rings. The molecule has 0 saturated heterocycles. The summed E-state index contributed by atoms with van der Waals surface area (Å²) in [5, 5.41) is 1.56. The molecule has 2 aromatic rings. The van der Waals surface area contributed by atoms with Gasteiger partial charge in [0.25, 0.3) is 0 Å². The summed E-state index contributed by atoms with van der Waals surface area (Å²) in [6.45, 7) is 2.01. The van der Waals surface area contributed by atoms with Crippen LogP contribution in [0.4, 0.5) is 0 Å². The maximum absolute atomic E-state index is 10.9. The summed E-state index contributed by atoms with van der Waals surface area (Å²) in [7, 11) is 0. The Morgan fingerprint density at radius 3 is 2.93 bits per heavy atom. The number of carbonyl (C=O) groups excluding carboxylic acids is 1. The van der Waals surface area contributed by atoms with E-state index in [2.05, 4.69) is 4.98 Å². The SMILES string of the molecule is CCc1[nH]c2c(Cl)cccc2c1C=O. The van der Waals surface area contributed by atoms with Crippen LogP contribution >= 0.6 is 11.6 Å². The van der Waals surface area contributed by atoms with Crippen molar-refractivity contribution in [2.75, 3.05) is 0 Å². The largest absolute Gasteiger partial charge is 0.357 e. The van der Waals surface area contributed by atoms with Crippen LogP contribution in [-0.4, -0.2) is 11.3 Å². The van der Waals surface area contributed by atoms with Gasteiger partial charge in [0.15, 0.2) is 6.29 Å². The first-order valence-corrected chi connectivity index (χ1v) is 4.90. The fraction of sp³-hybridized carbons (Fsp3) is 0.182. The van der Waals surface area contributed by atoms with Crippen molar-refractivity contribution in [1.82, 2.24) is 4.98 Å². The Bertz CT molecular complexity index is 487. The van der Waals surface area contributed by atoms with Crippen molar-refractivity contribution in [3.8, 4) is 0 Å². The molecule has 1 aromatic heterocycles. The quantitative estimate of drug-likeness (QED) is 0.754. The lowest BCUT2D eigenvalue weighted by molar-refractivity contribution is 0.112. The van der Waals surface area contributed by atoms with E-state index >= 15 is 0 Å². The highest BCUT2D eigenvalue weighted by Gasteiger charge is 2.10. The van der Waals surface area contributed by atoms with Crippen LogP contribution in [0.25, 0.3) is 10.9 Å². The number of rotatable bonds is 2. The Morgan fingerprint density at radius 1 is 1.50 bits per heavy atom. The van der Waals surface area contributed by atoms with Crippen LogP contribution in [0.15, 0.2) is 18.2 Å². The number of carbonyl (C=O) groups is 1. The molecule has 0 radical (unpaired) electrons. The number of nitrogens with one attached hydrogen (secondary N) is 1. The summed E-state index contributed by atoms with van der Waals surface area (Å²) in [5.41, 5.74) is 2.53. The van der Waals surface area contributed by atoms with Crippen molar-refractivity contribution in [2.45, 2.75) is 13.3 Å². The molecule has 3 heteroatoms. The first kappa shape index (κ1) is 9.28. The van der Waals surface area contributed by atoms with E-state index in [4.69, 9.17) is 11.6 Å². The standard InChI is InChI=1S/C11H10ClNO/c1-2-10-8(6-14)7-4-3-5-9(12)11(7)13-10/h3-6,13H,2H2,1H3. The summed E-state index contributed by atoms with van der Waals surface area (Å²) < 4.78 is 0. The van der Waals surface area contributed by atoms with Gasteiger partial charge in [0, 0.05) is 16.6 Å². The Kier molecular flexibility index (Phi) is 2.30. The number of aryl methyl sites for hydroxylation is 1. The smallest absolute Gasteiger partial charge is 0.152 e. The van der Waals surface area contributed by atoms with Gasteiger partial charge in [0.1, 0.15) is 0 Å². The van der Waals surface area contributed by atoms with Crippen molar-refractivity contribution in [3.05, 3.63) is 34.5 Å². The summed E-state index contributed by atoms with van der Waals surface area (Å²) in [4.78, 5) is 14.1. The zero-order chi connectivity index (χ0) is 10.1. The average Bonchev–Trinajstić information content (AvgIpc) is 2.57. The number of halogens is 1. The van der Waals surface area contributed by atoms with Gasteiger partial charge in [-0.3, -0.25) is 4.79 Å². The Labute approximate surface area is 86.9 Å². The van der Waals surface area contributed by atoms with Crippen LogP contribution in [0.2, 0.25) is 5.02 Å². The fourth-order valence-electron chi connectivity index (χ4n) is 1.67. The minimum absolute atomic E-state index is 0.658. The molecule has 1 aromatic carbocycles. The van der Waals surface area contributed by atoms with Gasteiger partial charge < -0.3 is 4.98 Å². The Hall–Kier alpha value is -1.28. The van der Waals surface area contributed by atoms with Gasteiger partial charge in [0.05, 0.1) is 10.5 Å². The summed E-state index contributed by atoms with van der Waals surface area (Å²) >= 11 is 6.01. The van der Waals surface area contributed by atoms with Gasteiger partial charge in [-0.25, -0.2) is 0 Å². The average molecular weight is 208 g/mol. The summed E-state index contributed by atoms with van der Waals surface area (Å²) in [5.74, 6) is 0. The van der Waals surface area contributed by atoms with Crippen LogP contribution in [0.1, 0.15) is 23.0 Å². The number of benzene rings is 1. The zero-order valence-electron chi connectivity index (χ0n) is 7.80. The van der Waals surface area contributed by atoms with Crippen LogP contribution in [0.3, 0.4) is 0 Å². The molecule has 0 spiro atoms. The summed E-state index contributed by atoms with van der Waals surface area (Å²) in [6, 6.07) is 5.57. The lowest BCUT2D eigenvalue weighted by Crippen LogP contribution is -1.85. The van der Waals surface area contributed by atoms with E-state index in [1.54, 1.807) is 0 Å². The van der Waals surface area contributed by atoms with Gasteiger partial charge in [-0.15, -0.1) is 0 Å². The normalized spacial score (nSPS) is 10.7. The topological polar surface area (TPSA) is 32.9 Å².